The van der Waals surface area contributed by atoms with Gasteiger partial charge in [-0.15, -0.1) is 11.3 Å². The van der Waals surface area contributed by atoms with Crippen LogP contribution < -0.4 is 5.32 Å². The van der Waals surface area contributed by atoms with Crippen LogP contribution in [0.1, 0.15) is 27.7 Å². The first-order valence-electron chi connectivity index (χ1n) is 6.04. The number of carbonyl (C=O) groups is 1. The lowest BCUT2D eigenvalue weighted by atomic mass is 10.1. The minimum absolute atomic E-state index is 0.301. The summed E-state index contributed by atoms with van der Waals surface area (Å²) < 4.78 is 27.4. The summed E-state index contributed by atoms with van der Waals surface area (Å²) in [6.07, 6.45) is 0.851. The molecule has 0 aliphatic rings. The predicted molar refractivity (Wildman–Crippen MR) is 74.3 cm³/mol. The maximum absolute atomic E-state index is 13.7. The van der Waals surface area contributed by atoms with Crippen molar-refractivity contribution >= 4 is 23.0 Å². The first-order valence-corrected chi connectivity index (χ1v) is 6.92. The highest BCUT2D eigenvalue weighted by molar-refractivity contribution is 7.10. The van der Waals surface area contributed by atoms with Gasteiger partial charge in [-0.2, -0.15) is 0 Å². The van der Waals surface area contributed by atoms with Gasteiger partial charge < -0.3 is 10.4 Å². The van der Waals surface area contributed by atoms with Crippen LogP contribution in [0, 0.1) is 11.6 Å². The SMILES string of the molecule is CCc1ccsc1CNc1c(F)cc(C(=O)O)cc1F. The molecule has 1 aromatic heterocycles. The second-order valence-corrected chi connectivity index (χ2v) is 5.20. The lowest BCUT2D eigenvalue weighted by molar-refractivity contribution is 0.0696. The van der Waals surface area contributed by atoms with Crippen LogP contribution in [0.4, 0.5) is 14.5 Å². The van der Waals surface area contributed by atoms with E-state index in [1.807, 2.05) is 18.4 Å². The maximum Gasteiger partial charge on any atom is 0.335 e. The van der Waals surface area contributed by atoms with E-state index >= 15 is 0 Å². The Morgan fingerprint density at radius 3 is 2.55 bits per heavy atom. The summed E-state index contributed by atoms with van der Waals surface area (Å²) in [7, 11) is 0. The molecule has 2 N–H and O–H groups in total. The third-order valence-corrected chi connectivity index (χ3v) is 3.90. The fraction of sp³-hybridized carbons (Fsp3) is 0.214. The third kappa shape index (κ3) is 2.96. The van der Waals surface area contributed by atoms with Crippen molar-refractivity contribution in [2.45, 2.75) is 19.9 Å². The fourth-order valence-corrected chi connectivity index (χ4v) is 2.79. The third-order valence-electron chi connectivity index (χ3n) is 2.93. The van der Waals surface area contributed by atoms with Gasteiger partial charge in [-0.05, 0) is 35.6 Å². The van der Waals surface area contributed by atoms with E-state index in [4.69, 9.17) is 5.11 Å². The van der Waals surface area contributed by atoms with Crippen molar-refractivity contribution in [1.82, 2.24) is 0 Å². The van der Waals surface area contributed by atoms with Crippen LogP contribution in [-0.2, 0) is 13.0 Å². The Hall–Kier alpha value is -1.95. The van der Waals surface area contributed by atoms with E-state index in [2.05, 4.69) is 5.32 Å². The van der Waals surface area contributed by atoms with Crippen LogP contribution in [0.3, 0.4) is 0 Å². The van der Waals surface area contributed by atoms with E-state index in [0.29, 0.717) is 6.54 Å². The van der Waals surface area contributed by atoms with Crippen LogP contribution in [0.15, 0.2) is 23.6 Å². The summed E-state index contributed by atoms with van der Waals surface area (Å²) >= 11 is 1.51. The smallest absolute Gasteiger partial charge is 0.335 e. The van der Waals surface area contributed by atoms with Gasteiger partial charge in [0.1, 0.15) is 17.3 Å². The number of aromatic carboxylic acids is 1. The number of carboxylic acid groups (broad SMARTS) is 1. The van der Waals surface area contributed by atoms with Gasteiger partial charge in [-0.1, -0.05) is 6.92 Å². The van der Waals surface area contributed by atoms with E-state index in [1.165, 1.54) is 11.3 Å². The topological polar surface area (TPSA) is 49.3 Å². The van der Waals surface area contributed by atoms with Gasteiger partial charge in [0.25, 0.3) is 0 Å². The van der Waals surface area contributed by atoms with E-state index in [0.717, 1.165) is 29.0 Å². The average Bonchev–Trinajstić information content (AvgIpc) is 2.84. The Labute approximate surface area is 118 Å². The summed E-state index contributed by atoms with van der Waals surface area (Å²) in [6.45, 7) is 2.31. The van der Waals surface area contributed by atoms with Gasteiger partial charge >= 0.3 is 5.97 Å². The molecule has 0 bridgehead atoms. The molecule has 2 rings (SSSR count). The average molecular weight is 297 g/mol. The van der Waals surface area contributed by atoms with Crippen molar-refractivity contribution < 1.29 is 18.7 Å². The first kappa shape index (κ1) is 14.5. The number of halogens is 2. The molecular weight excluding hydrogens is 284 g/mol. The molecule has 106 valence electrons. The highest BCUT2D eigenvalue weighted by atomic mass is 32.1. The number of carboxylic acids is 1. The molecular formula is C14H13F2NO2S. The molecule has 0 atom stereocenters. The maximum atomic E-state index is 13.7. The van der Waals surface area contributed by atoms with E-state index in [-0.39, 0.29) is 5.69 Å². The quantitative estimate of drug-likeness (QED) is 0.880. The number of benzene rings is 1. The molecule has 0 amide bonds. The second kappa shape index (κ2) is 6.00. The van der Waals surface area contributed by atoms with Crippen molar-refractivity contribution in [3.05, 3.63) is 51.2 Å². The Balaban J connectivity index is 2.20. The summed E-state index contributed by atoms with van der Waals surface area (Å²) in [6, 6.07) is 3.59. The fourth-order valence-electron chi connectivity index (χ4n) is 1.87. The number of hydrogen-bond acceptors (Lipinski definition) is 3. The molecule has 6 heteroatoms. The molecule has 1 heterocycles. The lowest BCUT2D eigenvalue weighted by Gasteiger charge is -2.09. The number of hydrogen-bond donors (Lipinski definition) is 2. The molecule has 0 unspecified atom stereocenters. The number of thiophene rings is 1. The van der Waals surface area contributed by atoms with Crippen molar-refractivity contribution in [2.75, 3.05) is 5.32 Å². The number of anilines is 1. The van der Waals surface area contributed by atoms with Crippen molar-refractivity contribution in [3.63, 3.8) is 0 Å². The molecule has 0 saturated heterocycles. The van der Waals surface area contributed by atoms with Crippen molar-refractivity contribution in [2.24, 2.45) is 0 Å². The highest BCUT2D eigenvalue weighted by Gasteiger charge is 2.15. The number of rotatable bonds is 5. The summed E-state index contributed by atoms with van der Waals surface area (Å²) in [5, 5.41) is 13.3. The van der Waals surface area contributed by atoms with Crippen molar-refractivity contribution in [1.29, 1.82) is 0 Å². The summed E-state index contributed by atoms with van der Waals surface area (Å²) in [4.78, 5) is 11.7. The molecule has 0 saturated carbocycles. The van der Waals surface area contributed by atoms with E-state index in [1.54, 1.807) is 0 Å². The standard InChI is InChI=1S/C14H13F2NO2S/c1-2-8-3-4-20-12(8)7-17-13-10(15)5-9(14(18)19)6-11(13)16/h3-6,17H,2,7H2,1H3,(H,18,19). The second-order valence-electron chi connectivity index (χ2n) is 4.20. The van der Waals surface area contributed by atoms with Crippen LogP contribution in [0.2, 0.25) is 0 Å². The van der Waals surface area contributed by atoms with Gasteiger partial charge in [0.05, 0.1) is 5.56 Å². The Kier molecular flexibility index (Phi) is 4.34. The zero-order chi connectivity index (χ0) is 14.7. The molecule has 1 aromatic carbocycles. The van der Waals surface area contributed by atoms with Crippen LogP contribution in [0.5, 0.6) is 0 Å². The van der Waals surface area contributed by atoms with Crippen molar-refractivity contribution in [3.8, 4) is 0 Å². The zero-order valence-corrected chi connectivity index (χ0v) is 11.6. The largest absolute Gasteiger partial charge is 0.478 e. The number of nitrogens with one attached hydrogen (secondary N) is 1. The van der Waals surface area contributed by atoms with Crippen LogP contribution in [-0.4, -0.2) is 11.1 Å². The number of aryl methyl sites for hydroxylation is 1. The molecule has 0 aliphatic heterocycles. The van der Waals surface area contributed by atoms with Gasteiger partial charge in [-0.25, -0.2) is 13.6 Å². The van der Waals surface area contributed by atoms with E-state index < -0.39 is 23.2 Å². The molecule has 2 aromatic rings. The molecule has 3 nitrogen and oxygen atoms in total. The molecule has 0 radical (unpaired) electrons. The predicted octanol–water partition coefficient (Wildman–Crippen LogP) is 3.90. The molecule has 20 heavy (non-hydrogen) atoms. The van der Waals surface area contributed by atoms with Gasteiger partial charge in [0.2, 0.25) is 0 Å². The van der Waals surface area contributed by atoms with Gasteiger partial charge in [0, 0.05) is 11.4 Å². The molecule has 0 spiro atoms. The Morgan fingerprint density at radius 1 is 1.35 bits per heavy atom. The summed E-state index contributed by atoms with van der Waals surface area (Å²) in [5.41, 5.74) is 0.423. The Morgan fingerprint density at radius 2 is 2.00 bits per heavy atom. The van der Waals surface area contributed by atoms with Gasteiger partial charge in [0.15, 0.2) is 0 Å². The summed E-state index contributed by atoms with van der Waals surface area (Å²) in [5.74, 6) is -3.17. The highest BCUT2D eigenvalue weighted by Crippen LogP contribution is 2.24. The zero-order valence-electron chi connectivity index (χ0n) is 10.7. The van der Waals surface area contributed by atoms with Crippen LogP contribution >= 0.6 is 11.3 Å². The molecule has 0 aliphatic carbocycles. The normalized spacial score (nSPS) is 10.6. The lowest BCUT2D eigenvalue weighted by Crippen LogP contribution is -2.06. The minimum atomic E-state index is -1.36. The monoisotopic (exact) mass is 297 g/mol. The van der Waals surface area contributed by atoms with Gasteiger partial charge in [-0.3, -0.25) is 0 Å². The van der Waals surface area contributed by atoms with E-state index in [9.17, 15) is 13.6 Å². The molecule has 0 fully saturated rings. The van der Waals surface area contributed by atoms with Crippen LogP contribution in [0.25, 0.3) is 0 Å². The Bertz CT molecular complexity index is 617. The first-order chi connectivity index (χ1) is 9.52. The minimum Gasteiger partial charge on any atom is -0.478 e.